The minimum atomic E-state index is -0.628. The van der Waals surface area contributed by atoms with E-state index in [2.05, 4.69) is 36.7 Å². The van der Waals surface area contributed by atoms with Crippen molar-refractivity contribution in [1.82, 2.24) is 0 Å². The van der Waals surface area contributed by atoms with Crippen molar-refractivity contribution in [2.45, 2.75) is 66.1 Å². The zero-order valence-electron chi connectivity index (χ0n) is 13.7. The molecule has 2 aliphatic carbocycles. The first-order chi connectivity index (χ1) is 9.65. The van der Waals surface area contributed by atoms with Crippen molar-refractivity contribution >= 4 is 21.9 Å². The van der Waals surface area contributed by atoms with Crippen LogP contribution in [-0.4, -0.2) is 28.6 Å². The zero-order valence-corrected chi connectivity index (χ0v) is 15.3. The molecule has 1 saturated carbocycles. The van der Waals surface area contributed by atoms with Crippen LogP contribution in [0.4, 0.5) is 0 Å². The number of esters is 1. The van der Waals surface area contributed by atoms with Gasteiger partial charge in [-0.15, -0.1) is 0 Å². The molecule has 4 atom stereocenters. The van der Waals surface area contributed by atoms with E-state index in [4.69, 9.17) is 4.74 Å². The third kappa shape index (κ3) is 2.70. The number of hydrogen-bond donors (Lipinski definition) is 1. The molecule has 0 heterocycles. The molecule has 3 nitrogen and oxygen atoms in total. The van der Waals surface area contributed by atoms with E-state index in [0.717, 1.165) is 23.7 Å². The smallest absolute Gasteiger partial charge is 0.303 e. The van der Waals surface area contributed by atoms with E-state index in [-0.39, 0.29) is 22.7 Å². The van der Waals surface area contributed by atoms with E-state index in [1.807, 2.05) is 6.92 Å². The van der Waals surface area contributed by atoms with Crippen molar-refractivity contribution in [3.63, 3.8) is 0 Å². The zero-order chi connectivity index (χ0) is 16.0. The van der Waals surface area contributed by atoms with Gasteiger partial charge in [-0.25, -0.2) is 0 Å². The number of hydrogen-bond acceptors (Lipinski definition) is 3. The van der Waals surface area contributed by atoms with Crippen molar-refractivity contribution in [1.29, 1.82) is 0 Å². The molecule has 4 heteroatoms. The van der Waals surface area contributed by atoms with Crippen LogP contribution in [-0.2, 0) is 9.53 Å². The van der Waals surface area contributed by atoms with Crippen LogP contribution >= 0.6 is 15.9 Å². The first-order valence-electron chi connectivity index (χ1n) is 7.76. The monoisotopic (exact) mass is 358 g/mol. The highest BCUT2D eigenvalue weighted by Gasteiger charge is 2.57. The van der Waals surface area contributed by atoms with E-state index in [1.165, 1.54) is 18.9 Å². The van der Waals surface area contributed by atoms with Gasteiger partial charge in [0, 0.05) is 18.2 Å². The van der Waals surface area contributed by atoms with Crippen LogP contribution in [0, 0.1) is 16.7 Å². The summed E-state index contributed by atoms with van der Waals surface area (Å²) in [6.45, 7) is 10.1. The van der Waals surface area contributed by atoms with Gasteiger partial charge in [-0.2, -0.15) is 0 Å². The highest BCUT2D eigenvalue weighted by atomic mass is 79.9. The summed E-state index contributed by atoms with van der Waals surface area (Å²) in [5, 5.41) is 11.7. The minimum absolute atomic E-state index is 0.0224. The minimum Gasteiger partial charge on any atom is -0.455 e. The molecular formula is C17H27BrO3. The Labute approximate surface area is 136 Å². The van der Waals surface area contributed by atoms with E-state index >= 15 is 0 Å². The number of rotatable bonds is 2. The maximum absolute atomic E-state index is 11.4. The largest absolute Gasteiger partial charge is 0.455 e. The molecule has 0 aromatic rings. The summed E-state index contributed by atoms with van der Waals surface area (Å²) < 4.78 is 5.47. The predicted molar refractivity (Wildman–Crippen MR) is 87.3 cm³/mol. The summed E-state index contributed by atoms with van der Waals surface area (Å²) in [4.78, 5) is 11.4. The molecule has 0 radical (unpaired) electrons. The van der Waals surface area contributed by atoms with E-state index < -0.39 is 12.2 Å². The van der Waals surface area contributed by atoms with Crippen LogP contribution in [0.2, 0.25) is 0 Å². The van der Waals surface area contributed by atoms with Gasteiger partial charge in [0.25, 0.3) is 0 Å². The molecule has 21 heavy (non-hydrogen) atoms. The molecule has 2 aliphatic rings. The Morgan fingerprint density at radius 1 is 1.38 bits per heavy atom. The summed E-state index contributed by atoms with van der Waals surface area (Å²) in [6, 6.07) is 0. The number of alkyl halides is 1. The molecule has 120 valence electrons. The average Bonchev–Trinajstić information content (AvgIpc) is 2.33. The van der Waals surface area contributed by atoms with Gasteiger partial charge in [-0.05, 0) is 36.2 Å². The van der Waals surface area contributed by atoms with Gasteiger partial charge in [0.15, 0.2) is 0 Å². The molecule has 0 unspecified atom stereocenters. The van der Waals surface area contributed by atoms with Crippen LogP contribution in [0.15, 0.2) is 11.1 Å². The van der Waals surface area contributed by atoms with Crippen molar-refractivity contribution in [2.24, 2.45) is 16.7 Å². The summed E-state index contributed by atoms with van der Waals surface area (Å²) in [6.07, 6.45) is 2.23. The summed E-state index contributed by atoms with van der Waals surface area (Å²) in [7, 11) is 0. The van der Waals surface area contributed by atoms with Crippen molar-refractivity contribution in [3.05, 3.63) is 11.1 Å². The second-order valence-electron chi connectivity index (χ2n) is 7.55. The number of ether oxygens (including phenoxy) is 1. The second-order valence-corrected chi connectivity index (χ2v) is 8.11. The molecular weight excluding hydrogens is 332 g/mol. The molecule has 0 saturated heterocycles. The maximum Gasteiger partial charge on any atom is 0.303 e. The molecule has 0 aromatic carbocycles. The summed E-state index contributed by atoms with van der Waals surface area (Å²) in [5.41, 5.74) is 2.34. The Morgan fingerprint density at radius 2 is 2.00 bits per heavy atom. The topological polar surface area (TPSA) is 46.5 Å². The molecule has 0 aliphatic heterocycles. The fourth-order valence-corrected chi connectivity index (χ4v) is 5.99. The Hall–Kier alpha value is -0.350. The number of carbonyl (C=O) groups is 1. The van der Waals surface area contributed by atoms with Gasteiger partial charge in [-0.1, -0.05) is 48.7 Å². The standard InChI is InChI=1S/C17H27BrO3/c1-10-12(9-18)17(5)8-6-7-16(3,4)15(17)13(20)14(10)21-11(2)19/h13-15,20H,6-9H2,1-5H3/t13-,14+,15+,17-/m1/s1. The van der Waals surface area contributed by atoms with Crippen LogP contribution in [0.1, 0.15) is 53.9 Å². The van der Waals surface area contributed by atoms with Gasteiger partial charge < -0.3 is 9.84 Å². The average molecular weight is 359 g/mol. The van der Waals surface area contributed by atoms with Gasteiger partial charge in [0.05, 0.1) is 6.10 Å². The number of aliphatic hydroxyl groups is 1. The lowest BCUT2D eigenvalue weighted by Gasteiger charge is -2.58. The summed E-state index contributed by atoms with van der Waals surface area (Å²) >= 11 is 3.62. The first kappa shape index (κ1) is 17.0. The van der Waals surface area contributed by atoms with Gasteiger partial charge in [-0.3, -0.25) is 4.79 Å². The second kappa shape index (κ2) is 5.69. The first-order valence-corrected chi connectivity index (χ1v) is 8.88. The Morgan fingerprint density at radius 3 is 2.52 bits per heavy atom. The predicted octanol–water partition coefficient (Wildman–Crippen LogP) is 3.84. The van der Waals surface area contributed by atoms with Gasteiger partial charge in [0.2, 0.25) is 0 Å². The van der Waals surface area contributed by atoms with Crippen LogP contribution < -0.4 is 0 Å². The van der Waals surface area contributed by atoms with Crippen LogP contribution in [0.3, 0.4) is 0 Å². The number of allylic oxidation sites excluding steroid dienone is 1. The quantitative estimate of drug-likeness (QED) is 0.463. The lowest BCUT2D eigenvalue weighted by molar-refractivity contribution is -0.164. The van der Waals surface area contributed by atoms with E-state index in [1.54, 1.807) is 0 Å². The van der Waals surface area contributed by atoms with Gasteiger partial charge in [0.1, 0.15) is 6.10 Å². The molecule has 0 aromatic heterocycles. The highest BCUT2D eigenvalue weighted by Crippen LogP contribution is 2.60. The highest BCUT2D eigenvalue weighted by molar-refractivity contribution is 9.09. The number of fused-ring (bicyclic) bond motifs is 1. The van der Waals surface area contributed by atoms with Crippen molar-refractivity contribution in [2.75, 3.05) is 5.33 Å². The lowest BCUT2D eigenvalue weighted by atomic mass is 9.49. The van der Waals surface area contributed by atoms with Crippen LogP contribution in [0.25, 0.3) is 0 Å². The fourth-order valence-electron chi connectivity index (χ4n) is 4.91. The normalized spacial score (nSPS) is 38.9. The number of halogens is 1. The molecule has 1 N–H and O–H groups in total. The van der Waals surface area contributed by atoms with E-state index in [0.29, 0.717) is 0 Å². The van der Waals surface area contributed by atoms with Crippen LogP contribution in [0.5, 0.6) is 0 Å². The molecule has 0 spiro atoms. The third-order valence-corrected chi connectivity index (χ3v) is 6.28. The van der Waals surface area contributed by atoms with Crippen molar-refractivity contribution in [3.8, 4) is 0 Å². The van der Waals surface area contributed by atoms with Crippen molar-refractivity contribution < 1.29 is 14.6 Å². The SMILES string of the molecule is CC(=O)O[C@H]1C(C)=C(CBr)[C@@]2(C)CCCC(C)(C)[C@@H]2[C@@H]1O. The molecule has 2 rings (SSSR count). The Balaban J connectivity index is 2.56. The Kier molecular flexibility index (Phi) is 4.61. The fraction of sp³-hybridized carbons (Fsp3) is 0.824. The Bertz CT molecular complexity index is 469. The van der Waals surface area contributed by atoms with Gasteiger partial charge >= 0.3 is 5.97 Å². The lowest BCUT2D eigenvalue weighted by Crippen LogP contribution is -2.57. The molecule has 0 amide bonds. The number of carbonyl (C=O) groups excluding carboxylic acids is 1. The molecule has 1 fully saturated rings. The maximum atomic E-state index is 11.4. The third-order valence-electron chi connectivity index (χ3n) is 5.72. The summed E-state index contributed by atoms with van der Waals surface area (Å²) in [5.74, 6) is -0.219. The number of aliphatic hydroxyl groups excluding tert-OH is 1. The molecule has 0 bridgehead atoms. The van der Waals surface area contributed by atoms with E-state index in [9.17, 15) is 9.90 Å².